The Morgan fingerprint density at radius 3 is 2.96 bits per heavy atom. The normalized spacial score (nSPS) is 17.9. The molecule has 2 N–H and O–H groups in total. The smallest absolute Gasteiger partial charge is 0.225 e. The summed E-state index contributed by atoms with van der Waals surface area (Å²) in [4.78, 5) is 13.1. The summed E-state index contributed by atoms with van der Waals surface area (Å²) in [5, 5.41) is 15.1. The third-order valence-electron chi connectivity index (χ3n) is 3.45. The number of carbonyl (C=O) groups excluding carboxylic acids is 1. The van der Waals surface area contributed by atoms with Gasteiger partial charge in [0, 0.05) is 48.1 Å². The van der Waals surface area contributed by atoms with Crippen LogP contribution in [0.4, 0.5) is 5.69 Å². The van der Waals surface area contributed by atoms with E-state index < -0.39 is 0 Å². The van der Waals surface area contributed by atoms with Gasteiger partial charge in [-0.2, -0.15) is 11.8 Å². The lowest BCUT2D eigenvalue weighted by molar-refractivity contribution is -0.116. The average Bonchev–Trinajstić information content (AvgIpc) is 2.95. The zero-order valence-electron chi connectivity index (χ0n) is 12.9. The van der Waals surface area contributed by atoms with Crippen molar-refractivity contribution in [3.63, 3.8) is 0 Å². The van der Waals surface area contributed by atoms with E-state index in [-0.39, 0.29) is 11.9 Å². The lowest BCUT2D eigenvalue weighted by Crippen LogP contribution is -2.39. The molecule has 1 amide bonds. The number of carbonyl (C=O) groups is 1. The molecule has 122 valence electrons. The van der Waals surface area contributed by atoms with E-state index >= 15 is 0 Å². The second-order valence-corrected chi connectivity index (χ2v) is 7.52. The Hall–Kier alpha value is -1.51. The Bertz CT molecular complexity index is 652. The van der Waals surface area contributed by atoms with Gasteiger partial charge in [0.1, 0.15) is 6.33 Å². The fourth-order valence-electron chi connectivity index (χ4n) is 2.26. The standard InChI is InChI=1S/C15H19N5OS2/c1-20-10-17-19-15(20)23-13-4-2-11(3-5-13)18-14(21)8-12-9-22-7-6-16-12/h2-5,10,12,16H,6-9H2,1H3,(H,18,21). The first-order valence-electron chi connectivity index (χ1n) is 7.43. The van der Waals surface area contributed by atoms with Gasteiger partial charge in [0.15, 0.2) is 5.16 Å². The van der Waals surface area contributed by atoms with Crippen LogP contribution in [0.15, 0.2) is 40.6 Å². The summed E-state index contributed by atoms with van der Waals surface area (Å²) >= 11 is 3.44. The Balaban J connectivity index is 1.52. The van der Waals surface area contributed by atoms with Crippen LogP contribution in [0.5, 0.6) is 0 Å². The van der Waals surface area contributed by atoms with Gasteiger partial charge in [-0.15, -0.1) is 10.2 Å². The van der Waals surface area contributed by atoms with Crippen molar-refractivity contribution in [3.8, 4) is 0 Å². The van der Waals surface area contributed by atoms with Gasteiger partial charge in [-0.3, -0.25) is 4.79 Å². The molecule has 1 atom stereocenters. The molecule has 1 saturated heterocycles. The second-order valence-electron chi connectivity index (χ2n) is 5.33. The Morgan fingerprint density at radius 1 is 1.48 bits per heavy atom. The maximum Gasteiger partial charge on any atom is 0.225 e. The molecule has 6 nitrogen and oxygen atoms in total. The number of hydrogen-bond donors (Lipinski definition) is 2. The van der Waals surface area contributed by atoms with Gasteiger partial charge in [0.2, 0.25) is 5.91 Å². The van der Waals surface area contributed by atoms with Crippen LogP contribution in [0.25, 0.3) is 0 Å². The van der Waals surface area contributed by atoms with Crippen LogP contribution in [0.2, 0.25) is 0 Å². The summed E-state index contributed by atoms with van der Waals surface area (Å²) in [6.07, 6.45) is 2.19. The zero-order chi connectivity index (χ0) is 16.1. The van der Waals surface area contributed by atoms with Crippen molar-refractivity contribution in [2.45, 2.75) is 22.5 Å². The summed E-state index contributed by atoms with van der Waals surface area (Å²) in [7, 11) is 1.91. The summed E-state index contributed by atoms with van der Waals surface area (Å²) < 4.78 is 1.87. The van der Waals surface area contributed by atoms with E-state index in [1.54, 1.807) is 18.1 Å². The van der Waals surface area contributed by atoms with Gasteiger partial charge in [-0.1, -0.05) is 0 Å². The largest absolute Gasteiger partial charge is 0.326 e. The van der Waals surface area contributed by atoms with Gasteiger partial charge in [0.25, 0.3) is 0 Å². The molecule has 1 aromatic carbocycles. The molecule has 1 aliphatic heterocycles. The number of anilines is 1. The number of rotatable bonds is 5. The minimum absolute atomic E-state index is 0.0544. The lowest BCUT2D eigenvalue weighted by Gasteiger charge is -2.22. The molecule has 0 aliphatic carbocycles. The first-order valence-corrected chi connectivity index (χ1v) is 9.41. The molecule has 1 aromatic heterocycles. The number of aryl methyl sites for hydroxylation is 1. The number of nitrogens with zero attached hydrogens (tertiary/aromatic N) is 3. The van der Waals surface area contributed by atoms with E-state index in [4.69, 9.17) is 0 Å². The minimum atomic E-state index is 0.0544. The van der Waals surface area contributed by atoms with Gasteiger partial charge < -0.3 is 15.2 Å². The Morgan fingerprint density at radius 2 is 2.30 bits per heavy atom. The van der Waals surface area contributed by atoms with Crippen molar-refractivity contribution in [2.75, 3.05) is 23.4 Å². The monoisotopic (exact) mass is 349 g/mol. The van der Waals surface area contributed by atoms with Crippen LogP contribution in [0.1, 0.15) is 6.42 Å². The highest BCUT2D eigenvalue weighted by molar-refractivity contribution is 7.99. The SMILES string of the molecule is Cn1cnnc1Sc1ccc(NC(=O)CC2CSCCN2)cc1. The van der Waals surface area contributed by atoms with Crippen LogP contribution >= 0.6 is 23.5 Å². The van der Waals surface area contributed by atoms with Gasteiger partial charge in [-0.05, 0) is 36.0 Å². The van der Waals surface area contributed by atoms with Crippen molar-refractivity contribution in [1.82, 2.24) is 20.1 Å². The third kappa shape index (κ3) is 4.73. The van der Waals surface area contributed by atoms with Crippen LogP contribution in [0, 0.1) is 0 Å². The predicted octanol–water partition coefficient (Wildman–Crippen LogP) is 2.00. The molecule has 0 spiro atoms. The van der Waals surface area contributed by atoms with Gasteiger partial charge >= 0.3 is 0 Å². The summed E-state index contributed by atoms with van der Waals surface area (Å²) in [5.74, 6) is 2.18. The van der Waals surface area contributed by atoms with Gasteiger partial charge in [0.05, 0.1) is 0 Å². The molecule has 0 saturated carbocycles. The molecule has 3 rings (SSSR count). The molecule has 1 unspecified atom stereocenters. The third-order valence-corrected chi connectivity index (χ3v) is 5.64. The van der Waals surface area contributed by atoms with Crippen LogP contribution in [0.3, 0.4) is 0 Å². The number of amides is 1. The summed E-state index contributed by atoms with van der Waals surface area (Å²) in [6.45, 7) is 0.983. The van der Waals surface area contributed by atoms with Crippen LogP contribution in [-0.4, -0.2) is 44.8 Å². The van der Waals surface area contributed by atoms with Crippen molar-refractivity contribution in [2.24, 2.45) is 7.05 Å². The number of aromatic nitrogens is 3. The number of hydrogen-bond acceptors (Lipinski definition) is 6. The molecular weight excluding hydrogens is 330 g/mol. The van der Waals surface area contributed by atoms with E-state index in [2.05, 4.69) is 20.8 Å². The van der Waals surface area contributed by atoms with E-state index in [0.29, 0.717) is 6.42 Å². The summed E-state index contributed by atoms with van der Waals surface area (Å²) in [5.41, 5.74) is 0.820. The minimum Gasteiger partial charge on any atom is -0.326 e. The topological polar surface area (TPSA) is 71.8 Å². The van der Waals surface area contributed by atoms with Crippen molar-refractivity contribution in [1.29, 1.82) is 0 Å². The Kier molecular flexibility index (Phi) is 5.58. The Labute approximate surface area is 143 Å². The highest BCUT2D eigenvalue weighted by atomic mass is 32.2. The lowest BCUT2D eigenvalue weighted by atomic mass is 10.2. The van der Waals surface area contributed by atoms with Gasteiger partial charge in [-0.25, -0.2) is 0 Å². The zero-order valence-corrected chi connectivity index (χ0v) is 14.5. The van der Waals surface area contributed by atoms with Crippen molar-refractivity contribution >= 4 is 35.1 Å². The van der Waals surface area contributed by atoms with E-state index in [1.165, 1.54) is 0 Å². The quantitative estimate of drug-likeness (QED) is 0.860. The molecule has 1 fully saturated rings. The van der Waals surface area contributed by atoms with Crippen molar-refractivity contribution < 1.29 is 4.79 Å². The molecule has 0 radical (unpaired) electrons. The molecule has 1 aliphatic rings. The molecule has 2 aromatic rings. The first-order chi connectivity index (χ1) is 11.2. The van der Waals surface area contributed by atoms with E-state index in [9.17, 15) is 4.79 Å². The van der Waals surface area contributed by atoms with E-state index in [1.807, 2.05) is 47.6 Å². The second kappa shape index (κ2) is 7.85. The first kappa shape index (κ1) is 16.4. The van der Waals surface area contributed by atoms with Crippen LogP contribution in [-0.2, 0) is 11.8 Å². The maximum atomic E-state index is 12.1. The molecule has 8 heteroatoms. The highest BCUT2D eigenvalue weighted by Crippen LogP contribution is 2.26. The fraction of sp³-hybridized carbons (Fsp3) is 0.400. The molecular formula is C15H19N5OS2. The molecule has 23 heavy (non-hydrogen) atoms. The molecule has 0 bridgehead atoms. The number of benzene rings is 1. The fourth-order valence-corrected chi connectivity index (χ4v) is 3.97. The predicted molar refractivity (Wildman–Crippen MR) is 93.9 cm³/mol. The van der Waals surface area contributed by atoms with E-state index in [0.717, 1.165) is 33.8 Å². The molecule has 2 heterocycles. The maximum absolute atomic E-state index is 12.1. The average molecular weight is 349 g/mol. The highest BCUT2D eigenvalue weighted by Gasteiger charge is 2.16. The summed E-state index contributed by atoms with van der Waals surface area (Å²) in [6, 6.07) is 8.06. The number of thioether (sulfide) groups is 1. The van der Waals surface area contributed by atoms with Crippen molar-refractivity contribution in [3.05, 3.63) is 30.6 Å². The number of nitrogens with one attached hydrogen (secondary N) is 2. The van der Waals surface area contributed by atoms with Crippen LogP contribution < -0.4 is 10.6 Å².